The van der Waals surface area contributed by atoms with Crippen molar-refractivity contribution in [2.45, 2.75) is 121 Å². The summed E-state index contributed by atoms with van der Waals surface area (Å²) < 4.78 is 5.30. The van der Waals surface area contributed by atoms with Crippen LogP contribution < -0.4 is 82.7 Å². The Labute approximate surface area is 847 Å². The van der Waals surface area contributed by atoms with Crippen LogP contribution >= 0.6 is 0 Å². The summed E-state index contributed by atoms with van der Waals surface area (Å²) in [4.78, 5) is 130. The Morgan fingerprint density at radius 3 is 1.03 bits per heavy atom. The number of aryl methyl sites for hydroxylation is 3. The maximum atomic E-state index is 12.3. The molecule has 0 radical (unpaired) electrons. The number of anilines is 13. The molecule has 13 heterocycles. The molecule has 0 unspecified atom stereocenters. The summed E-state index contributed by atoms with van der Waals surface area (Å²) in [5, 5.41) is 52.7. The topological polar surface area (TPSA) is 602 Å². The van der Waals surface area contributed by atoms with Crippen LogP contribution in [0.1, 0.15) is 125 Å². The van der Waals surface area contributed by atoms with Crippen molar-refractivity contribution in [3.63, 3.8) is 0 Å². The number of fused-ring (bicyclic) bond motifs is 5. The van der Waals surface area contributed by atoms with E-state index in [0.717, 1.165) is 168 Å². The molecule has 16 aromatic rings. The average Bonchev–Trinajstić information content (AvgIpc) is 1.70. The van der Waals surface area contributed by atoms with Crippen LogP contribution in [-0.4, -0.2) is 131 Å². The minimum Gasteiger partial charge on any atom is -0.398 e. The number of carbonyl (C=O) groups is 7. The van der Waals surface area contributed by atoms with Crippen LogP contribution in [0, 0.1) is 132 Å². The fourth-order valence-electron chi connectivity index (χ4n) is 18.6. The van der Waals surface area contributed by atoms with Crippen molar-refractivity contribution in [1.29, 1.82) is 10.5 Å². The highest BCUT2D eigenvalue weighted by Crippen LogP contribution is 2.45. The van der Waals surface area contributed by atoms with Crippen molar-refractivity contribution in [1.82, 2.24) is 84.7 Å². The van der Waals surface area contributed by atoms with Crippen LogP contribution in [-0.2, 0) is 43.6 Å². The van der Waals surface area contributed by atoms with Gasteiger partial charge in [-0.05, 0) is 252 Å². The van der Waals surface area contributed by atoms with Crippen LogP contribution in [0.2, 0.25) is 0 Å². The van der Waals surface area contributed by atoms with Crippen LogP contribution in [0.5, 0.6) is 0 Å². The third-order valence-corrected chi connectivity index (χ3v) is 28.0. The number of nitrogen functional groups attached to an aromatic ring is 7. The van der Waals surface area contributed by atoms with Crippen LogP contribution in [0.15, 0.2) is 153 Å². The number of nitrogens with zero attached hydrogens (tertiary/aromatic N) is 16. The molecule has 4 fully saturated rings. The minimum absolute atomic E-state index is 0.0270. The summed E-state index contributed by atoms with van der Waals surface area (Å²) >= 11 is 0. The van der Waals surface area contributed by atoms with Crippen molar-refractivity contribution in [3.8, 4) is 68.4 Å². The van der Waals surface area contributed by atoms with Gasteiger partial charge in [-0.2, -0.15) is 15.6 Å². The van der Waals surface area contributed by atoms with E-state index in [1.54, 1.807) is 95.2 Å². The van der Waals surface area contributed by atoms with Gasteiger partial charge in [-0.25, -0.2) is 49.8 Å². The van der Waals surface area contributed by atoms with E-state index in [1.807, 2.05) is 170 Å². The van der Waals surface area contributed by atoms with Gasteiger partial charge in [0.1, 0.15) is 75.1 Å². The molecule has 3 aromatic carbocycles. The van der Waals surface area contributed by atoms with Gasteiger partial charge >= 0.3 is 0 Å². The Balaban J connectivity index is 0.000000131. The molecule has 4 saturated carbocycles. The quantitative estimate of drug-likeness (QED) is 0.0334. The highest BCUT2D eigenvalue weighted by molar-refractivity contribution is 6.06. The lowest BCUT2D eigenvalue weighted by Gasteiger charge is -2.22. The maximum Gasteiger partial charge on any atom is 0.267 e. The molecule has 0 spiro atoms. The average molecular weight is 1970 g/mol. The lowest BCUT2D eigenvalue weighted by Crippen LogP contribution is -2.43. The summed E-state index contributed by atoms with van der Waals surface area (Å²) in [5.41, 5.74) is 62.6. The molecular weight excluding hydrogens is 1860 g/mol. The van der Waals surface area contributed by atoms with Crippen molar-refractivity contribution in [2.75, 3.05) is 87.9 Å². The highest BCUT2D eigenvalue weighted by Gasteiger charge is 2.45. The van der Waals surface area contributed by atoms with Gasteiger partial charge in [0, 0.05) is 162 Å². The van der Waals surface area contributed by atoms with Crippen molar-refractivity contribution >= 4 is 170 Å². The summed E-state index contributed by atoms with van der Waals surface area (Å²) in [7, 11) is 8.48. The van der Waals surface area contributed by atoms with E-state index in [4.69, 9.17) is 50.7 Å². The zero-order valence-electron chi connectivity index (χ0n) is 84.9. The normalized spacial score (nSPS) is 16.5. The first kappa shape index (κ1) is 102. The molecule has 13 aromatic heterocycles. The SMILES string of the molecule is CNC(=O)C(C)(C)n1cc(Nc2cc3cc(-c4ccccc4C)nc(N)c3cn2)cn1.CNC(=O)c1c(C)c(-c2cc3cc(NC(=O)[C@@H]4C[C@H]4C#N)ncc3c(N)n2)c(C)n1C.CNC(=O)c1c(C)c(-c2cc3cc(NC(=O)[C@H]4C[C@@H]4C#N)ncc3c(N)n2)c(C)n1C.Cc1ccc(N)c(C)c1-c1cc2cc(NC(=O)[C@@H]3C[C@H]3C)ncc2c(N)n1.Cc1ccc(N)c(C)c1-c1cc2cc(NC(=O)[C@H]3C[C@@H]3C)ncc2c(N)n1. The Kier molecular flexibility index (Phi) is 28.5. The van der Waals surface area contributed by atoms with Gasteiger partial charge in [-0.15, -0.1) is 0 Å². The van der Waals surface area contributed by atoms with Gasteiger partial charge in [0.15, 0.2) is 0 Å². The van der Waals surface area contributed by atoms with Crippen molar-refractivity contribution < 1.29 is 33.6 Å². The van der Waals surface area contributed by atoms with Gasteiger partial charge in [-0.1, -0.05) is 50.2 Å². The summed E-state index contributed by atoms with van der Waals surface area (Å²) in [6.07, 6.45) is 14.7. The molecule has 0 bridgehead atoms. The number of hydrogen-bond donors (Lipinski definition) is 15. The number of likely N-dealkylation sites (N-methyl/N-ethyl adjacent to an activating group) is 1. The molecule has 20 rings (SSSR count). The van der Waals surface area contributed by atoms with Crippen LogP contribution in [0.4, 0.5) is 75.2 Å². The van der Waals surface area contributed by atoms with Gasteiger partial charge in [0.25, 0.3) is 11.8 Å². The number of rotatable bonds is 19. The van der Waals surface area contributed by atoms with E-state index >= 15 is 0 Å². The minimum atomic E-state index is -0.811. The number of nitriles is 2. The van der Waals surface area contributed by atoms with Gasteiger partial charge in [0.05, 0.1) is 76.2 Å². The number of pyridine rings is 10. The van der Waals surface area contributed by atoms with Crippen molar-refractivity contribution in [3.05, 3.63) is 214 Å². The lowest BCUT2D eigenvalue weighted by molar-refractivity contribution is -0.128. The highest BCUT2D eigenvalue weighted by atomic mass is 16.2. The van der Waals surface area contributed by atoms with Crippen LogP contribution in [0.3, 0.4) is 0 Å². The Morgan fingerprint density at radius 1 is 0.388 bits per heavy atom. The molecule has 22 N–H and O–H groups in total. The van der Waals surface area contributed by atoms with E-state index < -0.39 is 5.54 Å². The zero-order chi connectivity index (χ0) is 106. The standard InChI is InChI=1S/C23H25N7O.2C22H23N7O2.2C21H23N5O/c1-14-7-5-6-8-17(14)19-9-15-10-20(26-12-18(15)21(24)29-19)28-16-11-27-30(13-16)23(2,3)22(31)25-4;2*1-10-18(11(2)29(4)19(10)22(31)25-3)16-6-12-7-17(26-9-15(12)20(24)27-16)28-21(30)14-5-13(14)8-23;2*1-10-4-5-16(22)12(3)19(10)17-7-13-8-18(24-9-15(13)20(23)25-17)26-21(27)14-6-11(14)2/h5-13H,1-4H3,(H2,24,29)(H,25,31)(H,26,28);2*6-7,9,13-14H,5H2,1-4H3,(H2,24,27)(H,25,31)(H,26,28,30);2*4-5,7-9,11,14H,6,22H2,1-3H3,(H2,23,25)(H,24,26,27)/t;2*13-,14+;2*11-,14-/m.1010/s1. The van der Waals surface area contributed by atoms with Gasteiger partial charge in [0.2, 0.25) is 29.5 Å². The molecule has 0 saturated heterocycles. The fourth-order valence-corrected chi connectivity index (χ4v) is 18.6. The molecule has 4 aliphatic rings. The number of amides is 7. The summed E-state index contributed by atoms with van der Waals surface area (Å²) in [5.74, 6) is 3.65. The number of hydrogen-bond acceptors (Lipinski definition) is 28. The van der Waals surface area contributed by atoms with Gasteiger partial charge < -0.3 is 91.8 Å². The molecule has 38 heteroatoms. The molecule has 147 heavy (non-hydrogen) atoms. The lowest BCUT2D eigenvalue weighted by atomic mass is 9.97. The number of nitrogens with two attached hydrogens (primary N) is 7. The predicted octanol–water partition coefficient (Wildman–Crippen LogP) is 15.5. The van der Waals surface area contributed by atoms with Gasteiger partial charge in [-0.3, -0.25) is 38.2 Å². The molecule has 0 aliphatic heterocycles. The van der Waals surface area contributed by atoms with E-state index in [-0.39, 0.29) is 76.9 Å². The molecule has 7 amide bonds. The van der Waals surface area contributed by atoms with E-state index in [0.29, 0.717) is 116 Å². The molecular formula is C109H117N31O7. The predicted molar refractivity (Wildman–Crippen MR) is 575 cm³/mol. The smallest absolute Gasteiger partial charge is 0.267 e. The molecule has 8 atom stereocenters. The summed E-state index contributed by atoms with van der Waals surface area (Å²) in [6, 6.07) is 38.9. The molecule has 4 aliphatic carbocycles. The number of benzene rings is 3. The molecule has 750 valence electrons. The molecule has 38 nitrogen and oxygen atoms in total. The monoisotopic (exact) mass is 1970 g/mol. The maximum absolute atomic E-state index is 12.3. The van der Waals surface area contributed by atoms with E-state index in [2.05, 4.69) is 136 Å². The number of carbonyl (C=O) groups excluding carboxylic acids is 7. The number of nitrogens with one attached hydrogen (secondary N) is 8. The number of aromatic nitrogens is 14. The zero-order valence-corrected chi connectivity index (χ0v) is 84.9. The summed E-state index contributed by atoms with van der Waals surface area (Å²) in [6.45, 7) is 25.4. The second-order valence-corrected chi connectivity index (χ2v) is 38.5. The Hall–Kier alpha value is -18.1. The van der Waals surface area contributed by atoms with Crippen LogP contribution in [0.25, 0.3) is 110 Å². The van der Waals surface area contributed by atoms with Crippen molar-refractivity contribution in [2.24, 2.45) is 61.4 Å². The first-order valence-electron chi connectivity index (χ1n) is 47.9. The largest absolute Gasteiger partial charge is 0.398 e. The van der Waals surface area contributed by atoms with E-state index in [9.17, 15) is 33.6 Å². The second-order valence-electron chi connectivity index (χ2n) is 38.5. The third kappa shape index (κ3) is 21.0. The Morgan fingerprint density at radius 2 is 0.707 bits per heavy atom. The van der Waals surface area contributed by atoms with E-state index in [1.165, 1.54) is 0 Å². The fraction of sp³-hybridized carbons (Fsp3) is 0.284. The third-order valence-electron chi connectivity index (χ3n) is 28.0. The second kappa shape index (κ2) is 41.1. The first-order valence-corrected chi connectivity index (χ1v) is 47.9. The first-order chi connectivity index (χ1) is 70.0. The Bertz CT molecular complexity index is 7810.